The zero-order valence-corrected chi connectivity index (χ0v) is 18.4. The van der Waals surface area contributed by atoms with Crippen LogP contribution >= 0.6 is 7.60 Å². The lowest BCUT2D eigenvalue weighted by Gasteiger charge is -2.16. The fourth-order valence-corrected chi connectivity index (χ4v) is 3.76. The maximum Gasteiger partial charge on any atom is 0.357 e. The second-order valence-electron chi connectivity index (χ2n) is 7.46. The van der Waals surface area contributed by atoms with Crippen LogP contribution < -0.4 is 5.32 Å². The van der Waals surface area contributed by atoms with Gasteiger partial charge in [-0.3, -0.25) is 14.5 Å². The molecule has 0 unspecified atom stereocenters. The van der Waals surface area contributed by atoms with Crippen molar-refractivity contribution in [1.29, 1.82) is 0 Å². The van der Waals surface area contributed by atoms with Crippen LogP contribution in [0, 0.1) is 13.8 Å². The number of aryl methyl sites for hydroxylation is 2. The Morgan fingerprint density at radius 1 is 1.06 bits per heavy atom. The van der Waals surface area contributed by atoms with E-state index in [-0.39, 0.29) is 22.9 Å². The summed E-state index contributed by atoms with van der Waals surface area (Å²) in [4.78, 5) is 32.0. The summed E-state index contributed by atoms with van der Waals surface area (Å²) in [5, 5.41) is 26.7. The number of benzene rings is 2. The van der Waals surface area contributed by atoms with Gasteiger partial charge in [0.15, 0.2) is 0 Å². The van der Waals surface area contributed by atoms with Crippen molar-refractivity contribution < 1.29 is 28.7 Å². The zero-order chi connectivity index (χ0) is 23.8. The Labute approximate surface area is 187 Å². The fraction of sp³-hybridized carbons (Fsp3) is 0.143. The minimum atomic E-state index is -4.90. The molecule has 1 atom stereocenters. The van der Waals surface area contributed by atoms with Gasteiger partial charge in [0, 0.05) is 11.1 Å². The molecule has 1 amide bonds. The van der Waals surface area contributed by atoms with E-state index < -0.39 is 25.2 Å². The summed E-state index contributed by atoms with van der Waals surface area (Å²) in [5.74, 6) is -3.07. The molecule has 0 saturated heterocycles. The highest BCUT2D eigenvalue weighted by Gasteiger charge is 2.37. The molecule has 0 spiro atoms. The van der Waals surface area contributed by atoms with Gasteiger partial charge in [-0.2, -0.15) is 5.10 Å². The molecule has 0 aliphatic heterocycles. The van der Waals surface area contributed by atoms with Crippen LogP contribution in [0.1, 0.15) is 33.2 Å². The van der Waals surface area contributed by atoms with Gasteiger partial charge in [0.2, 0.25) is 5.78 Å². The minimum Gasteiger partial charge on any atom is -0.507 e. The topological polar surface area (TPSA) is 174 Å². The van der Waals surface area contributed by atoms with Crippen LogP contribution in [0.3, 0.4) is 0 Å². The van der Waals surface area contributed by atoms with Crippen molar-refractivity contribution in [3.05, 3.63) is 71.1 Å². The molecule has 0 aliphatic rings. The number of hydrogen-bond acceptors (Lipinski definition) is 7. The van der Waals surface area contributed by atoms with E-state index in [1.54, 1.807) is 30.3 Å². The molecular weight excluding hydrogens is 449 g/mol. The van der Waals surface area contributed by atoms with Crippen LogP contribution in [0.2, 0.25) is 0 Å². The van der Waals surface area contributed by atoms with E-state index in [4.69, 9.17) is 4.42 Å². The Balaban J connectivity index is 1.60. The predicted octanol–water partition coefficient (Wildman–Crippen LogP) is 3.06. The van der Waals surface area contributed by atoms with Gasteiger partial charge in [-0.05, 0) is 49.7 Å². The van der Waals surface area contributed by atoms with Gasteiger partial charge in [-0.25, -0.2) is 0 Å². The first-order valence-corrected chi connectivity index (χ1v) is 11.4. The number of carbonyl (C=O) groups is 1. The minimum absolute atomic E-state index is 0.0413. The van der Waals surface area contributed by atoms with E-state index in [0.29, 0.717) is 11.3 Å². The largest absolute Gasteiger partial charge is 0.507 e. The molecule has 0 radical (unpaired) electrons. The van der Waals surface area contributed by atoms with Gasteiger partial charge in [0.1, 0.15) is 11.4 Å². The number of H-pyrrole nitrogens is 1. The van der Waals surface area contributed by atoms with E-state index in [9.17, 15) is 24.3 Å². The van der Waals surface area contributed by atoms with Gasteiger partial charge in [-0.15, -0.1) is 10.2 Å². The van der Waals surface area contributed by atoms with Crippen LogP contribution in [0.4, 0.5) is 0 Å². The number of aromatic hydroxyl groups is 1. The molecule has 2 aromatic heterocycles. The van der Waals surface area contributed by atoms with E-state index in [1.807, 2.05) is 19.9 Å². The molecule has 33 heavy (non-hydrogen) atoms. The number of rotatable bonds is 6. The summed E-state index contributed by atoms with van der Waals surface area (Å²) < 4.78 is 17.5. The average molecular weight is 469 g/mol. The normalized spacial score (nSPS) is 12.5. The maximum atomic E-state index is 12.5. The smallest absolute Gasteiger partial charge is 0.357 e. The number of aromatic amines is 1. The molecule has 12 heteroatoms. The molecular formula is C21H20N5O6P. The maximum absolute atomic E-state index is 12.5. The van der Waals surface area contributed by atoms with Crippen LogP contribution in [0.5, 0.6) is 5.75 Å². The molecule has 0 saturated carbocycles. The number of amides is 1. The number of hydrogen-bond donors (Lipinski definition) is 5. The Kier molecular flexibility index (Phi) is 5.86. The van der Waals surface area contributed by atoms with Gasteiger partial charge >= 0.3 is 7.60 Å². The number of nitrogens with zero attached hydrogens (tertiary/aromatic N) is 3. The summed E-state index contributed by atoms with van der Waals surface area (Å²) in [7, 11) is -4.90. The van der Waals surface area contributed by atoms with Crippen molar-refractivity contribution in [2.75, 3.05) is 0 Å². The van der Waals surface area contributed by atoms with E-state index in [2.05, 4.69) is 25.7 Å². The molecule has 4 rings (SSSR count). The van der Waals surface area contributed by atoms with Crippen LogP contribution in [-0.2, 0) is 4.57 Å². The summed E-state index contributed by atoms with van der Waals surface area (Å²) in [6.07, 6.45) is 0. The molecule has 2 aromatic carbocycles. The Bertz CT molecular complexity index is 1360. The third-order valence-electron chi connectivity index (χ3n) is 4.83. The first-order valence-electron chi connectivity index (χ1n) is 9.74. The number of aromatic nitrogens is 4. The highest BCUT2D eigenvalue weighted by Crippen LogP contribution is 2.49. The van der Waals surface area contributed by atoms with Crippen molar-refractivity contribution in [3.8, 4) is 28.6 Å². The first kappa shape index (κ1) is 22.4. The van der Waals surface area contributed by atoms with E-state index in [0.717, 1.165) is 11.1 Å². The standard InChI is InChI=1S/C21H20N5O6P/c1-11-3-6-13(7-4-11)18(28)22-21(33(29,30)31)20-26-25-19(32-20)16-10-15(23-24-16)14-8-5-12(2)9-17(14)27/h3-10,21,27H,1-2H3,(H,22,28)(H,23,24)(H2,29,30,31)/t21-/m0/s1. The molecule has 4 aromatic rings. The van der Waals surface area contributed by atoms with Crippen LogP contribution in [0.25, 0.3) is 22.8 Å². The molecule has 0 aliphatic carbocycles. The van der Waals surface area contributed by atoms with Crippen molar-refractivity contribution in [1.82, 2.24) is 25.7 Å². The van der Waals surface area contributed by atoms with Crippen molar-refractivity contribution >= 4 is 13.5 Å². The summed E-state index contributed by atoms with van der Waals surface area (Å²) in [6.45, 7) is 3.69. The third kappa shape index (κ3) is 4.85. The van der Waals surface area contributed by atoms with Gasteiger partial charge in [0.25, 0.3) is 17.7 Å². The van der Waals surface area contributed by atoms with Crippen molar-refractivity contribution in [2.45, 2.75) is 19.6 Å². The monoisotopic (exact) mass is 469 g/mol. The summed E-state index contributed by atoms with van der Waals surface area (Å²) in [5.41, 5.74) is 3.16. The van der Waals surface area contributed by atoms with Crippen molar-refractivity contribution in [3.63, 3.8) is 0 Å². The number of carbonyl (C=O) groups excluding carboxylic acids is 1. The third-order valence-corrected chi connectivity index (χ3v) is 5.85. The molecule has 2 heterocycles. The second kappa shape index (κ2) is 8.62. The van der Waals surface area contributed by atoms with Crippen molar-refractivity contribution in [2.24, 2.45) is 0 Å². The predicted molar refractivity (Wildman–Crippen MR) is 117 cm³/mol. The first-order chi connectivity index (χ1) is 15.6. The lowest BCUT2D eigenvalue weighted by Crippen LogP contribution is -2.28. The molecule has 5 N–H and O–H groups in total. The fourth-order valence-electron chi connectivity index (χ4n) is 3.08. The van der Waals surface area contributed by atoms with Crippen LogP contribution in [0.15, 0.2) is 52.9 Å². The molecule has 11 nitrogen and oxygen atoms in total. The summed E-state index contributed by atoms with van der Waals surface area (Å²) >= 11 is 0. The lowest BCUT2D eigenvalue weighted by molar-refractivity contribution is 0.0938. The Morgan fingerprint density at radius 3 is 2.42 bits per heavy atom. The average Bonchev–Trinajstić information content (AvgIpc) is 3.41. The quantitative estimate of drug-likeness (QED) is 0.266. The van der Waals surface area contributed by atoms with Crippen LogP contribution in [-0.4, -0.2) is 41.2 Å². The summed E-state index contributed by atoms with van der Waals surface area (Å²) in [6, 6.07) is 13.1. The van der Waals surface area contributed by atoms with Gasteiger partial charge in [-0.1, -0.05) is 23.8 Å². The molecule has 170 valence electrons. The number of phenols is 1. The Morgan fingerprint density at radius 2 is 1.76 bits per heavy atom. The SMILES string of the molecule is Cc1ccc(C(=O)N[C@H](c2nnc(-c3cc(-c4ccc(C)cc4O)n[nH]3)o2)P(=O)(O)O)cc1. The molecule has 0 bridgehead atoms. The zero-order valence-electron chi connectivity index (χ0n) is 17.6. The van der Waals surface area contributed by atoms with Gasteiger partial charge < -0.3 is 24.6 Å². The van der Waals surface area contributed by atoms with E-state index >= 15 is 0 Å². The van der Waals surface area contributed by atoms with Gasteiger partial charge in [0.05, 0.1) is 5.69 Å². The number of nitrogens with one attached hydrogen (secondary N) is 2. The number of phenolic OH excluding ortho intramolecular Hbond substituents is 1. The van der Waals surface area contributed by atoms with E-state index in [1.165, 1.54) is 12.1 Å². The lowest BCUT2D eigenvalue weighted by atomic mass is 10.1. The highest BCUT2D eigenvalue weighted by molar-refractivity contribution is 7.52. The molecule has 0 fully saturated rings. The second-order valence-corrected chi connectivity index (χ2v) is 9.16. The highest BCUT2D eigenvalue weighted by atomic mass is 31.2. The Hall–Kier alpha value is -3.79.